The van der Waals surface area contributed by atoms with Crippen LogP contribution in [0.1, 0.15) is 12.8 Å². The number of para-hydroxylation sites is 1. The van der Waals surface area contributed by atoms with E-state index in [4.69, 9.17) is 5.73 Å². The molecule has 1 aliphatic heterocycles. The fourth-order valence-corrected chi connectivity index (χ4v) is 2.67. The molecule has 3 N–H and O–H groups in total. The predicted molar refractivity (Wildman–Crippen MR) is 93.8 cm³/mol. The number of nitrogens with two attached hydrogens (primary N) is 1. The lowest BCUT2D eigenvalue weighted by Crippen LogP contribution is -2.40. The van der Waals surface area contributed by atoms with Crippen molar-refractivity contribution in [2.24, 2.45) is 10.8 Å². The Morgan fingerprint density at radius 3 is 2.72 bits per heavy atom. The number of carbonyl (C=O) groups excluding carboxylic acids is 2. The van der Waals surface area contributed by atoms with Crippen molar-refractivity contribution in [1.82, 2.24) is 15.1 Å². The van der Waals surface area contributed by atoms with Crippen LogP contribution < -0.4 is 16.1 Å². The van der Waals surface area contributed by atoms with Crippen molar-refractivity contribution in [3.05, 3.63) is 48.8 Å². The molecule has 0 spiro atoms. The minimum Gasteiger partial charge on any atom is -0.368 e. The number of hydrogen-bond acceptors (Lipinski definition) is 5. The highest BCUT2D eigenvalue weighted by Gasteiger charge is 2.34. The summed E-state index contributed by atoms with van der Waals surface area (Å²) in [5.41, 5.74) is 6.51. The quantitative estimate of drug-likeness (QED) is 0.716. The van der Waals surface area contributed by atoms with Gasteiger partial charge in [-0.3, -0.25) is 19.3 Å². The van der Waals surface area contributed by atoms with Crippen molar-refractivity contribution in [3.8, 4) is 0 Å². The third kappa shape index (κ3) is 4.03. The van der Waals surface area contributed by atoms with Gasteiger partial charge in [-0.05, 0) is 24.6 Å². The minimum absolute atomic E-state index is 0.204. The molecule has 2 aromatic rings. The van der Waals surface area contributed by atoms with Crippen molar-refractivity contribution in [2.75, 3.05) is 11.6 Å². The van der Waals surface area contributed by atoms with Crippen LogP contribution in [0.3, 0.4) is 0 Å². The van der Waals surface area contributed by atoms with E-state index >= 15 is 0 Å². The highest BCUT2D eigenvalue weighted by atomic mass is 16.2. The molecule has 0 fully saturated rings. The van der Waals surface area contributed by atoms with Crippen LogP contribution in [0.4, 0.5) is 5.69 Å². The second-order valence-electron chi connectivity index (χ2n) is 5.73. The van der Waals surface area contributed by atoms with Gasteiger partial charge in [0.15, 0.2) is 0 Å². The molecule has 0 bridgehead atoms. The molecular formula is C17H20N6O2. The SMILES string of the molecule is NC(=O)[C@@H]1CC(C(=O)NCCCn2cccn2)=NN1c1ccccc1. The molecule has 1 aromatic carbocycles. The van der Waals surface area contributed by atoms with E-state index in [9.17, 15) is 9.59 Å². The molecule has 0 saturated heterocycles. The number of amides is 2. The maximum atomic E-state index is 12.3. The number of nitrogens with zero attached hydrogens (tertiary/aromatic N) is 4. The van der Waals surface area contributed by atoms with Crippen LogP contribution in [0.2, 0.25) is 0 Å². The summed E-state index contributed by atoms with van der Waals surface area (Å²) in [6.07, 6.45) is 4.55. The zero-order valence-electron chi connectivity index (χ0n) is 13.7. The monoisotopic (exact) mass is 340 g/mol. The number of hydrogen-bond donors (Lipinski definition) is 2. The van der Waals surface area contributed by atoms with Gasteiger partial charge in [0.2, 0.25) is 5.91 Å². The maximum absolute atomic E-state index is 12.3. The first kappa shape index (κ1) is 16.7. The van der Waals surface area contributed by atoms with Gasteiger partial charge in [0.05, 0.1) is 5.69 Å². The number of hydrazone groups is 1. The first-order valence-electron chi connectivity index (χ1n) is 8.12. The second-order valence-corrected chi connectivity index (χ2v) is 5.73. The molecule has 130 valence electrons. The molecule has 3 rings (SSSR count). The zero-order valence-corrected chi connectivity index (χ0v) is 13.7. The number of rotatable bonds is 7. The number of aromatic nitrogens is 2. The standard InChI is InChI=1S/C17H20N6O2/c18-16(24)15-12-14(21-23(15)13-6-2-1-3-7-13)17(25)19-8-4-10-22-11-5-9-20-22/h1-3,5-7,9,11,15H,4,8,10,12H2,(H2,18,24)(H,19,25)/t15-/m0/s1. The Balaban J connectivity index is 1.59. The largest absolute Gasteiger partial charge is 0.368 e. The lowest BCUT2D eigenvalue weighted by molar-refractivity contribution is -0.119. The molecule has 0 saturated carbocycles. The summed E-state index contributed by atoms with van der Waals surface area (Å²) >= 11 is 0. The van der Waals surface area contributed by atoms with Gasteiger partial charge >= 0.3 is 0 Å². The van der Waals surface area contributed by atoms with Gasteiger partial charge in [-0.25, -0.2) is 0 Å². The van der Waals surface area contributed by atoms with Gasteiger partial charge in [0.1, 0.15) is 11.8 Å². The van der Waals surface area contributed by atoms with Crippen LogP contribution in [-0.2, 0) is 16.1 Å². The summed E-state index contributed by atoms with van der Waals surface area (Å²) in [5.74, 6) is -0.778. The second kappa shape index (κ2) is 7.61. The molecule has 2 heterocycles. The van der Waals surface area contributed by atoms with Gasteiger partial charge in [-0.2, -0.15) is 10.2 Å². The Hall–Kier alpha value is -3.16. The van der Waals surface area contributed by atoms with Crippen LogP contribution >= 0.6 is 0 Å². The Labute approximate surface area is 145 Å². The molecule has 25 heavy (non-hydrogen) atoms. The summed E-state index contributed by atoms with van der Waals surface area (Å²) < 4.78 is 1.81. The first-order valence-corrected chi connectivity index (χ1v) is 8.12. The van der Waals surface area contributed by atoms with Gasteiger partial charge in [-0.15, -0.1) is 0 Å². The van der Waals surface area contributed by atoms with Crippen molar-refractivity contribution in [3.63, 3.8) is 0 Å². The summed E-state index contributed by atoms with van der Waals surface area (Å²) in [5, 5.41) is 12.8. The lowest BCUT2D eigenvalue weighted by Gasteiger charge is -2.20. The number of benzene rings is 1. The molecule has 0 radical (unpaired) electrons. The Morgan fingerprint density at radius 2 is 2.04 bits per heavy atom. The van der Waals surface area contributed by atoms with Gasteiger partial charge in [-0.1, -0.05) is 18.2 Å². The van der Waals surface area contributed by atoms with Crippen molar-refractivity contribution >= 4 is 23.2 Å². The average Bonchev–Trinajstić information content (AvgIpc) is 3.29. The number of anilines is 1. The predicted octanol–water partition coefficient (Wildman–Crippen LogP) is 0.510. The van der Waals surface area contributed by atoms with E-state index in [2.05, 4.69) is 15.5 Å². The molecule has 1 atom stereocenters. The van der Waals surface area contributed by atoms with E-state index in [0.717, 1.165) is 18.7 Å². The Morgan fingerprint density at radius 1 is 1.24 bits per heavy atom. The van der Waals surface area contributed by atoms with Crippen LogP contribution in [0, 0.1) is 0 Å². The summed E-state index contributed by atoms with van der Waals surface area (Å²) in [4.78, 5) is 24.0. The lowest BCUT2D eigenvalue weighted by atomic mass is 10.1. The number of carbonyl (C=O) groups is 2. The summed E-state index contributed by atoms with van der Waals surface area (Å²) in [6.45, 7) is 1.23. The smallest absolute Gasteiger partial charge is 0.267 e. The number of nitrogens with one attached hydrogen (secondary N) is 1. The van der Waals surface area contributed by atoms with E-state index in [1.165, 1.54) is 5.01 Å². The Bertz CT molecular complexity index is 757. The van der Waals surface area contributed by atoms with E-state index in [1.54, 1.807) is 10.9 Å². The van der Waals surface area contributed by atoms with Crippen LogP contribution in [0.15, 0.2) is 53.9 Å². The van der Waals surface area contributed by atoms with E-state index in [0.29, 0.717) is 12.3 Å². The van der Waals surface area contributed by atoms with Crippen LogP contribution in [0.5, 0.6) is 0 Å². The van der Waals surface area contributed by atoms with Gasteiger partial charge in [0.25, 0.3) is 5.91 Å². The van der Waals surface area contributed by atoms with Gasteiger partial charge < -0.3 is 11.1 Å². The molecular weight excluding hydrogens is 320 g/mol. The molecule has 0 unspecified atom stereocenters. The molecule has 8 heteroatoms. The highest BCUT2D eigenvalue weighted by Crippen LogP contribution is 2.24. The zero-order chi connectivity index (χ0) is 17.6. The normalized spacial score (nSPS) is 16.6. The third-order valence-electron chi connectivity index (χ3n) is 3.93. The number of aryl methyl sites for hydroxylation is 1. The average molecular weight is 340 g/mol. The van der Waals surface area contributed by atoms with E-state index in [1.807, 2.05) is 42.6 Å². The van der Waals surface area contributed by atoms with Crippen LogP contribution in [-0.4, -0.2) is 39.9 Å². The third-order valence-corrected chi connectivity index (χ3v) is 3.93. The Kier molecular flexibility index (Phi) is 5.08. The van der Waals surface area contributed by atoms with Crippen molar-refractivity contribution < 1.29 is 9.59 Å². The molecule has 1 aliphatic rings. The fraction of sp³-hybridized carbons (Fsp3) is 0.294. The molecule has 1 aromatic heterocycles. The number of primary amides is 1. The molecule has 0 aliphatic carbocycles. The van der Waals surface area contributed by atoms with E-state index < -0.39 is 11.9 Å². The maximum Gasteiger partial charge on any atom is 0.267 e. The fourth-order valence-electron chi connectivity index (χ4n) is 2.67. The molecule has 2 amide bonds. The van der Waals surface area contributed by atoms with E-state index in [-0.39, 0.29) is 12.3 Å². The first-order chi connectivity index (χ1) is 12.1. The van der Waals surface area contributed by atoms with Crippen molar-refractivity contribution in [2.45, 2.75) is 25.4 Å². The minimum atomic E-state index is -0.646. The summed E-state index contributed by atoms with van der Waals surface area (Å²) in [7, 11) is 0. The van der Waals surface area contributed by atoms with Crippen LogP contribution in [0.25, 0.3) is 0 Å². The van der Waals surface area contributed by atoms with Crippen molar-refractivity contribution in [1.29, 1.82) is 0 Å². The molecule has 8 nitrogen and oxygen atoms in total. The highest BCUT2D eigenvalue weighted by molar-refractivity contribution is 6.40. The van der Waals surface area contributed by atoms with Gasteiger partial charge in [0, 0.05) is 31.9 Å². The summed E-state index contributed by atoms with van der Waals surface area (Å²) in [6, 6.07) is 10.4. The topological polar surface area (TPSA) is 106 Å².